The normalized spacial score (nSPS) is 28.9. The second-order valence-electron chi connectivity index (χ2n) is 4.78. The van der Waals surface area contributed by atoms with Gasteiger partial charge in [-0.1, -0.05) is 6.42 Å². The Morgan fingerprint density at radius 3 is 2.63 bits per heavy atom. The van der Waals surface area contributed by atoms with Crippen LogP contribution in [0.4, 0.5) is 4.79 Å². The zero-order chi connectivity index (χ0) is 14.0. The van der Waals surface area contributed by atoms with Gasteiger partial charge in [0.05, 0.1) is 12.1 Å². The first kappa shape index (κ1) is 14.0. The molecule has 0 aliphatic carbocycles. The second-order valence-corrected chi connectivity index (χ2v) is 6.05. The molecular weight excluding hydrogens is 272 g/mol. The average molecular weight is 288 g/mol. The van der Waals surface area contributed by atoms with Crippen molar-refractivity contribution < 1.29 is 24.6 Å². The first-order valence-corrected chi connectivity index (χ1v) is 7.18. The van der Waals surface area contributed by atoms with Crippen molar-refractivity contribution in [2.45, 2.75) is 36.6 Å². The van der Waals surface area contributed by atoms with Crippen LogP contribution >= 0.6 is 11.8 Å². The molecule has 0 aromatic heterocycles. The molecule has 0 aromatic rings. The summed E-state index contributed by atoms with van der Waals surface area (Å²) >= 11 is 1.73. The number of carboxylic acid groups (broad SMARTS) is 2. The Labute approximate surface area is 114 Å². The van der Waals surface area contributed by atoms with Crippen LogP contribution in [0.3, 0.4) is 0 Å². The molecule has 2 aliphatic heterocycles. The molecule has 4 N–H and O–H groups in total. The molecule has 2 amide bonds. The zero-order valence-corrected chi connectivity index (χ0v) is 11.0. The number of carbonyl (C=O) groups is 3. The minimum Gasteiger partial charge on any atom is -0.481 e. The Morgan fingerprint density at radius 1 is 1.32 bits per heavy atom. The Morgan fingerprint density at radius 2 is 2.00 bits per heavy atom. The number of carbonyl (C=O) groups excluding carboxylic acids is 1. The van der Waals surface area contributed by atoms with Crippen molar-refractivity contribution in [3.63, 3.8) is 0 Å². The molecule has 0 aromatic carbocycles. The summed E-state index contributed by atoms with van der Waals surface area (Å²) in [7, 11) is 0. The van der Waals surface area contributed by atoms with E-state index in [4.69, 9.17) is 10.2 Å². The van der Waals surface area contributed by atoms with Crippen LogP contribution in [0.5, 0.6) is 0 Å². The van der Waals surface area contributed by atoms with Crippen molar-refractivity contribution >= 4 is 29.7 Å². The third-order valence-corrected chi connectivity index (χ3v) is 5.02. The predicted molar refractivity (Wildman–Crippen MR) is 68.1 cm³/mol. The van der Waals surface area contributed by atoms with Crippen molar-refractivity contribution in [3.8, 4) is 0 Å². The fraction of sp³-hybridized carbons (Fsp3) is 0.727. The molecular formula is C11H16N2O5S. The standard InChI is InChI=1S/C11H16N2O5S/c14-9(15)5(10(16)17)2-1-3-7-8-6(4-19-7)12-11(18)13-8/h5-8H,1-4H2,(H,14,15)(H,16,17)(H2,12,13,18). The summed E-state index contributed by atoms with van der Waals surface area (Å²) in [5.41, 5.74) is 0. The summed E-state index contributed by atoms with van der Waals surface area (Å²) in [6.07, 6.45) is 1.37. The van der Waals surface area contributed by atoms with E-state index in [9.17, 15) is 14.4 Å². The molecule has 2 heterocycles. The summed E-state index contributed by atoms with van der Waals surface area (Å²) < 4.78 is 0. The maximum Gasteiger partial charge on any atom is 0.317 e. The van der Waals surface area contributed by atoms with Crippen LogP contribution in [-0.4, -0.2) is 51.3 Å². The van der Waals surface area contributed by atoms with Gasteiger partial charge in [-0.05, 0) is 12.8 Å². The zero-order valence-electron chi connectivity index (χ0n) is 10.2. The van der Waals surface area contributed by atoms with Crippen LogP contribution in [0.1, 0.15) is 19.3 Å². The number of thioether (sulfide) groups is 1. The van der Waals surface area contributed by atoms with Crippen molar-refractivity contribution in [1.29, 1.82) is 0 Å². The van der Waals surface area contributed by atoms with Gasteiger partial charge < -0.3 is 20.8 Å². The quantitative estimate of drug-likeness (QED) is 0.407. The van der Waals surface area contributed by atoms with Gasteiger partial charge in [0.1, 0.15) is 0 Å². The third kappa shape index (κ3) is 3.12. The van der Waals surface area contributed by atoms with Gasteiger partial charge in [-0.25, -0.2) is 4.79 Å². The van der Waals surface area contributed by atoms with Crippen LogP contribution in [-0.2, 0) is 9.59 Å². The Bertz CT molecular complexity index is 389. The molecule has 106 valence electrons. The first-order valence-electron chi connectivity index (χ1n) is 6.13. The van der Waals surface area contributed by atoms with Gasteiger partial charge >= 0.3 is 18.0 Å². The summed E-state index contributed by atoms with van der Waals surface area (Å²) in [6.45, 7) is 0. The monoisotopic (exact) mass is 288 g/mol. The van der Waals surface area contributed by atoms with E-state index in [1.165, 1.54) is 0 Å². The maximum absolute atomic E-state index is 11.2. The maximum atomic E-state index is 11.2. The van der Waals surface area contributed by atoms with Crippen LogP contribution in [0.2, 0.25) is 0 Å². The third-order valence-electron chi connectivity index (χ3n) is 3.52. The molecule has 0 bridgehead atoms. The summed E-state index contributed by atoms with van der Waals surface area (Å²) in [4.78, 5) is 32.7. The minimum absolute atomic E-state index is 0.0746. The fourth-order valence-corrected chi connectivity index (χ4v) is 4.06. The van der Waals surface area contributed by atoms with Gasteiger partial charge in [0.2, 0.25) is 0 Å². The highest BCUT2D eigenvalue weighted by Gasteiger charge is 2.42. The van der Waals surface area contributed by atoms with E-state index in [1.807, 2.05) is 0 Å². The molecule has 2 aliphatic rings. The predicted octanol–water partition coefficient (Wildman–Crippen LogP) is 0.108. The van der Waals surface area contributed by atoms with E-state index >= 15 is 0 Å². The van der Waals surface area contributed by atoms with E-state index in [2.05, 4.69) is 10.6 Å². The smallest absolute Gasteiger partial charge is 0.317 e. The number of hydrogen-bond donors (Lipinski definition) is 4. The largest absolute Gasteiger partial charge is 0.481 e. The molecule has 7 nitrogen and oxygen atoms in total. The minimum atomic E-state index is -1.33. The molecule has 0 saturated carbocycles. The molecule has 0 spiro atoms. The SMILES string of the molecule is O=C1NC2CSC(CCCC(C(=O)O)C(=O)O)C2N1. The van der Waals surface area contributed by atoms with Gasteiger partial charge in [-0.2, -0.15) is 11.8 Å². The van der Waals surface area contributed by atoms with Crippen molar-refractivity contribution in [2.24, 2.45) is 5.92 Å². The van der Waals surface area contributed by atoms with E-state index in [-0.39, 0.29) is 29.8 Å². The Kier molecular flexibility index (Phi) is 4.18. The van der Waals surface area contributed by atoms with Crippen molar-refractivity contribution in [3.05, 3.63) is 0 Å². The number of rotatable bonds is 6. The van der Waals surface area contributed by atoms with Crippen molar-refractivity contribution in [1.82, 2.24) is 10.6 Å². The molecule has 8 heteroatoms. The summed E-state index contributed by atoms with van der Waals surface area (Å²) in [6, 6.07) is 0.0529. The molecule has 0 radical (unpaired) electrons. The number of fused-ring (bicyclic) bond motifs is 1. The molecule has 2 rings (SSSR count). The fourth-order valence-electron chi connectivity index (χ4n) is 2.52. The lowest BCUT2D eigenvalue weighted by atomic mass is 9.98. The van der Waals surface area contributed by atoms with Crippen LogP contribution in [0.15, 0.2) is 0 Å². The van der Waals surface area contributed by atoms with Crippen LogP contribution < -0.4 is 10.6 Å². The number of nitrogens with one attached hydrogen (secondary N) is 2. The lowest BCUT2D eigenvalue weighted by molar-refractivity contribution is -0.154. The summed E-state index contributed by atoms with van der Waals surface area (Å²) in [5, 5.41) is 23.4. The number of hydrogen-bond acceptors (Lipinski definition) is 4. The topological polar surface area (TPSA) is 116 Å². The molecule has 3 atom stereocenters. The highest BCUT2D eigenvalue weighted by molar-refractivity contribution is 8.00. The lowest BCUT2D eigenvalue weighted by Crippen LogP contribution is -2.37. The van der Waals surface area contributed by atoms with Crippen molar-refractivity contribution in [2.75, 3.05) is 5.75 Å². The highest BCUT2D eigenvalue weighted by Crippen LogP contribution is 2.33. The molecule has 3 unspecified atom stereocenters. The van der Waals surface area contributed by atoms with E-state index in [0.717, 1.165) is 5.75 Å². The number of amides is 2. The van der Waals surface area contributed by atoms with Crippen LogP contribution in [0.25, 0.3) is 0 Å². The molecule has 2 fully saturated rings. The van der Waals surface area contributed by atoms with E-state index in [1.54, 1.807) is 11.8 Å². The van der Waals surface area contributed by atoms with Crippen LogP contribution in [0, 0.1) is 5.92 Å². The Hall–Kier alpha value is -1.44. The number of carboxylic acids is 2. The lowest BCUT2D eigenvalue weighted by Gasteiger charge is -2.17. The van der Waals surface area contributed by atoms with Gasteiger partial charge in [0.15, 0.2) is 5.92 Å². The Balaban J connectivity index is 1.78. The molecule has 19 heavy (non-hydrogen) atoms. The van der Waals surface area contributed by atoms with Gasteiger partial charge in [-0.15, -0.1) is 0 Å². The summed E-state index contributed by atoms with van der Waals surface area (Å²) in [5.74, 6) is -3.07. The number of aliphatic carboxylic acids is 2. The van der Waals surface area contributed by atoms with Gasteiger partial charge in [0, 0.05) is 11.0 Å². The number of urea groups is 1. The van der Waals surface area contributed by atoms with E-state index in [0.29, 0.717) is 12.8 Å². The van der Waals surface area contributed by atoms with E-state index < -0.39 is 17.9 Å². The first-order chi connectivity index (χ1) is 8.99. The highest BCUT2D eigenvalue weighted by atomic mass is 32.2. The van der Waals surface area contributed by atoms with Gasteiger partial charge in [-0.3, -0.25) is 9.59 Å². The molecule has 2 saturated heterocycles. The second kappa shape index (κ2) is 5.68. The average Bonchev–Trinajstić information content (AvgIpc) is 2.83. The van der Waals surface area contributed by atoms with Gasteiger partial charge in [0.25, 0.3) is 0 Å².